The number of nitrogens with one attached hydrogen (secondary N) is 2. The SMILES string of the molecule is CCc1nc(-c2nn[nH]n2)c(-c2nn[nH]n2)nc1C. The van der Waals surface area contributed by atoms with Gasteiger partial charge < -0.3 is 0 Å². The Morgan fingerprint density at radius 1 is 0.895 bits per heavy atom. The monoisotopic (exact) mass is 258 g/mol. The van der Waals surface area contributed by atoms with E-state index < -0.39 is 0 Å². The van der Waals surface area contributed by atoms with Gasteiger partial charge in [-0.3, -0.25) is 0 Å². The molecular weight excluding hydrogens is 248 g/mol. The van der Waals surface area contributed by atoms with E-state index >= 15 is 0 Å². The Balaban J connectivity index is 2.25. The number of aryl methyl sites for hydroxylation is 2. The number of hydrogen-bond donors (Lipinski definition) is 2. The van der Waals surface area contributed by atoms with Crippen LogP contribution in [0.2, 0.25) is 0 Å². The number of H-pyrrole nitrogens is 2. The molecule has 0 bridgehead atoms. The Morgan fingerprint density at radius 2 is 1.47 bits per heavy atom. The van der Waals surface area contributed by atoms with Crippen molar-refractivity contribution in [3.05, 3.63) is 11.4 Å². The summed E-state index contributed by atoms with van der Waals surface area (Å²) in [7, 11) is 0. The quantitative estimate of drug-likeness (QED) is 0.654. The van der Waals surface area contributed by atoms with Crippen LogP contribution >= 0.6 is 0 Å². The Kier molecular flexibility index (Phi) is 2.67. The van der Waals surface area contributed by atoms with Crippen molar-refractivity contribution in [2.24, 2.45) is 0 Å². The largest absolute Gasteiger partial charge is 0.245 e. The zero-order chi connectivity index (χ0) is 13.2. The van der Waals surface area contributed by atoms with Gasteiger partial charge in [0.1, 0.15) is 11.4 Å². The summed E-state index contributed by atoms with van der Waals surface area (Å²) in [5.74, 6) is 0.694. The summed E-state index contributed by atoms with van der Waals surface area (Å²) in [5, 5.41) is 27.5. The number of aromatic amines is 2. The molecular formula is C9H10N10. The van der Waals surface area contributed by atoms with Crippen LogP contribution in [0.15, 0.2) is 0 Å². The van der Waals surface area contributed by atoms with E-state index in [0.717, 1.165) is 17.8 Å². The van der Waals surface area contributed by atoms with Gasteiger partial charge in [-0.05, 0) is 23.8 Å². The maximum absolute atomic E-state index is 4.52. The molecule has 10 nitrogen and oxygen atoms in total. The minimum absolute atomic E-state index is 0.345. The van der Waals surface area contributed by atoms with Crippen molar-refractivity contribution in [1.82, 2.24) is 51.2 Å². The predicted molar refractivity (Wildman–Crippen MR) is 62.5 cm³/mol. The van der Waals surface area contributed by atoms with Crippen molar-refractivity contribution >= 4 is 0 Å². The molecule has 3 rings (SSSR count). The second-order valence-corrected chi connectivity index (χ2v) is 3.78. The molecule has 0 radical (unpaired) electrons. The van der Waals surface area contributed by atoms with Crippen LogP contribution in [0.5, 0.6) is 0 Å². The highest BCUT2D eigenvalue weighted by Crippen LogP contribution is 2.24. The van der Waals surface area contributed by atoms with Crippen LogP contribution in [0.4, 0.5) is 0 Å². The minimum Gasteiger partial charge on any atom is -0.245 e. The molecule has 0 aliphatic heterocycles. The number of nitrogens with zero attached hydrogens (tertiary/aromatic N) is 8. The van der Waals surface area contributed by atoms with Gasteiger partial charge in [-0.25, -0.2) is 9.97 Å². The van der Waals surface area contributed by atoms with Gasteiger partial charge in [0, 0.05) is 0 Å². The normalized spacial score (nSPS) is 10.8. The van der Waals surface area contributed by atoms with Crippen LogP contribution < -0.4 is 0 Å². The molecule has 0 amide bonds. The van der Waals surface area contributed by atoms with Crippen molar-refractivity contribution < 1.29 is 0 Å². The molecule has 10 heteroatoms. The number of tetrazole rings is 2. The van der Waals surface area contributed by atoms with E-state index in [2.05, 4.69) is 51.2 Å². The fourth-order valence-corrected chi connectivity index (χ4v) is 1.72. The van der Waals surface area contributed by atoms with Gasteiger partial charge >= 0.3 is 0 Å². The van der Waals surface area contributed by atoms with Gasteiger partial charge in [0.15, 0.2) is 0 Å². The molecule has 3 heterocycles. The Labute approximate surface area is 107 Å². The van der Waals surface area contributed by atoms with Crippen LogP contribution in [-0.4, -0.2) is 51.2 Å². The van der Waals surface area contributed by atoms with Gasteiger partial charge in [0.05, 0.1) is 11.4 Å². The third-order valence-electron chi connectivity index (χ3n) is 2.62. The summed E-state index contributed by atoms with van der Waals surface area (Å²) in [6.45, 7) is 3.89. The fraction of sp³-hybridized carbons (Fsp3) is 0.333. The molecule has 0 atom stereocenters. The third-order valence-corrected chi connectivity index (χ3v) is 2.62. The molecule has 0 unspecified atom stereocenters. The van der Waals surface area contributed by atoms with Crippen molar-refractivity contribution in [2.75, 3.05) is 0 Å². The third kappa shape index (κ3) is 1.92. The number of aromatic nitrogens is 10. The molecule has 19 heavy (non-hydrogen) atoms. The Morgan fingerprint density at radius 3 is 1.95 bits per heavy atom. The average molecular weight is 258 g/mol. The first-order valence-corrected chi connectivity index (χ1v) is 5.64. The van der Waals surface area contributed by atoms with E-state index in [9.17, 15) is 0 Å². The molecule has 3 aromatic rings. The molecule has 0 spiro atoms. The highest BCUT2D eigenvalue weighted by Gasteiger charge is 2.20. The lowest BCUT2D eigenvalue weighted by Crippen LogP contribution is -2.03. The van der Waals surface area contributed by atoms with Gasteiger partial charge in [0.2, 0.25) is 11.6 Å². The highest BCUT2D eigenvalue weighted by molar-refractivity contribution is 5.69. The lowest BCUT2D eigenvalue weighted by molar-refractivity contribution is 0.881. The van der Waals surface area contributed by atoms with Crippen molar-refractivity contribution in [3.8, 4) is 23.0 Å². The van der Waals surface area contributed by atoms with E-state index in [1.165, 1.54) is 0 Å². The lowest BCUT2D eigenvalue weighted by atomic mass is 10.2. The Hall–Kier alpha value is -2.78. The first kappa shape index (κ1) is 11.3. The van der Waals surface area contributed by atoms with Gasteiger partial charge in [-0.15, -0.1) is 20.4 Å². The highest BCUT2D eigenvalue weighted by atomic mass is 15.5. The fourth-order valence-electron chi connectivity index (χ4n) is 1.72. The zero-order valence-corrected chi connectivity index (χ0v) is 10.3. The molecule has 0 aromatic carbocycles. The molecule has 0 aliphatic carbocycles. The number of hydrogen-bond acceptors (Lipinski definition) is 8. The minimum atomic E-state index is 0.345. The zero-order valence-electron chi connectivity index (χ0n) is 10.3. The maximum Gasteiger partial charge on any atom is 0.225 e. The van der Waals surface area contributed by atoms with Crippen LogP contribution in [0.1, 0.15) is 18.3 Å². The molecule has 0 fully saturated rings. The predicted octanol–water partition coefficient (Wildman–Crippen LogP) is -0.292. The summed E-state index contributed by atoms with van der Waals surface area (Å²) >= 11 is 0. The van der Waals surface area contributed by atoms with Crippen molar-refractivity contribution in [1.29, 1.82) is 0 Å². The Bertz CT molecular complexity index is 671. The van der Waals surface area contributed by atoms with Crippen LogP contribution in [-0.2, 0) is 6.42 Å². The summed E-state index contributed by atoms with van der Waals surface area (Å²) in [5.41, 5.74) is 2.64. The van der Waals surface area contributed by atoms with Crippen LogP contribution in [0.25, 0.3) is 23.0 Å². The topological polar surface area (TPSA) is 135 Å². The van der Waals surface area contributed by atoms with Gasteiger partial charge in [-0.1, -0.05) is 6.92 Å². The van der Waals surface area contributed by atoms with E-state index in [-0.39, 0.29) is 0 Å². The van der Waals surface area contributed by atoms with Crippen LogP contribution in [0, 0.1) is 6.92 Å². The first-order chi connectivity index (χ1) is 9.29. The summed E-state index contributed by atoms with van der Waals surface area (Å²) < 4.78 is 0. The standard InChI is InChI=1S/C9H10N10/c1-3-5-4(2)10-6(8-12-16-17-13-8)7(11-5)9-14-18-19-15-9/h3H2,1-2H3,(H,12,13,16,17)(H,14,15,18,19). The first-order valence-electron chi connectivity index (χ1n) is 5.64. The van der Waals surface area contributed by atoms with E-state index in [1.807, 2.05) is 13.8 Å². The maximum atomic E-state index is 4.52. The molecule has 3 aromatic heterocycles. The van der Waals surface area contributed by atoms with E-state index in [4.69, 9.17) is 0 Å². The van der Waals surface area contributed by atoms with Crippen LogP contribution in [0.3, 0.4) is 0 Å². The summed E-state index contributed by atoms with van der Waals surface area (Å²) in [4.78, 5) is 8.99. The average Bonchev–Trinajstić information content (AvgIpc) is 3.11. The van der Waals surface area contributed by atoms with Crippen molar-refractivity contribution in [3.63, 3.8) is 0 Å². The summed E-state index contributed by atoms with van der Waals surface area (Å²) in [6.07, 6.45) is 0.760. The molecule has 0 aliphatic rings. The van der Waals surface area contributed by atoms with E-state index in [0.29, 0.717) is 23.0 Å². The molecule has 0 saturated carbocycles. The summed E-state index contributed by atoms with van der Waals surface area (Å²) in [6, 6.07) is 0. The van der Waals surface area contributed by atoms with Crippen molar-refractivity contribution in [2.45, 2.75) is 20.3 Å². The lowest BCUT2D eigenvalue weighted by Gasteiger charge is -2.06. The second kappa shape index (κ2) is 4.48. The molecule has 96 valence electrons. The second-order valence-electron chi connectivity index (χ2n) is 3.78. The molecule has 2 N–H and O–H groups in total. The van der Waals surface area contributed by atoms with E-state index in [1.54, 1.807) is 0 Å². The van der Waals surface area contributed by atoms with Gasteiger partial charge in [0.25, 0.3) is 0 Å². The molecule has 0 saturated heterocycles. The smallest absolute Gasteiger partial charge is 0.225 e. The van der Waals surface area contributed by atoms with Gasteiger partial charge in [-0.2, -0.15) is 10.4 Å². The number of rotatable bonds is 3.